The second-order valence-corrected chi connectivity index (χ2v) is 11.8. The van der Waals surface area contributed by atoms with Gasteiger partial charge in [0.2, 0.25) is 0 Å². The van der Waals surface area contributed by atoms with Crippen LogP contribution in [0.3, 0.4) is 0 Å². The van der Waals surface area contributed by atoms with Crippen molar-refractivity contribution in [1.29, 1.82) is 0 Å². The fourth-order valence-electron chi connectivity index (χ4n) is 7.26. The predicted molar refractivity (Wildman–Crippen MR) is 200 cm³/mol. The van der Waals surface area contributed by atoms with Gasteiger partial charge in [-0.2, -0.15) is 0 Å². The lowest BCUT2D eigenvalue weighted by molar-refractivity contribution is 0.673. The van der Waals surface area contributed by atoms with Crippen LogP contribution in [0.15, 0.2) is 174 Å². The third-order valence-corrected chi connectivity index (χ3v) is 9.28. The van der Waals surface area contributed by atoms with E-state index in [9.17, 15) is 5.48 Å². The highest BCUT2D eigenvalue weighted by molar-refractivity contribution is 6.24. The molecular formula is C46H28O. The fourth-order valence-corrected chi connectivity index (χ4v) is 7.26. The monoisotopic (exact) mass is 604 g/mol. The Balaban J connectivity index is 1.37. The van der Waals surface area contributed by atoms with Crippen LogP contribution in [0.25, 0.3) is 98.4 Å². The third kappa shape index (κ3) is 3.90. The fraction of sp³-hybridized carbons (Fsp3) is 0. The Bertz CT molecular complexity index is 3220. The van der Waals surface area contributed by atoms with Gasteiger partial charge >= 0.3 is 0 Å². The van der Waals surface area contributed by atoms with Gasteiger partial charge in [0.15, 0.2) is 0 Å². The number of hydrogen-bond acceptors (Lipinski definition) is 1. The first-order valence-corrected chi connectivity index (χ1v) is 15.5. The van der Waals surface area contributed by atoms with Crippen LogP contribution >= 0.6 is 0 Å². The van der Waals surface area contributed by atoms with Crippen LogP contribution < -0.4 is 0 Å². The molecule has 10 rings (SSSR count). The smallest absolute Gasteiger partial charge is 0.143 e. The van der Waals surface area contributed by atoms with Crippen LogP contribution in [0, 0.1) is 0 Å². The summed E-state index contributed by atoms with van der Waals surface area (Å²) in [4.78, 5) is 0. The molecule has 1 aromatic heterocycles. The van der Waals surface area contributed by atoms with E-state index in [4.69, 9.17) is 9.90 Å². The highest BCUT2D eigenvalue weighted by Crippen LogP contribution is 2.46. The van der Waals surface area contributed by atoms with Crippen molar-refractivity contribution in [2.24, 2.45) is 0 Å². The molecule has 0 saturated heterocycles. The number of rotatable bonds is 3. The molecule has 10 aromatic rings. The van der Waals surface area contributed by atoms with Gasteiger partial charge in [0.1, 0.15) is 11.2 Å². The normalized spacial score (nSPS) is 14.2. The van der Waals surface area contributed by atoms with Crippen molar-refractivity contribution in [3.8, 4) is 33.4 Å². The maximum atomic E-state index is 9.40. The predicted octanol–water partition coefficient (Wildman–Crippen LogP) is 13.2. The SMILES string of the molecule is [2H]c1c([2H])c([2H])c2c(-c3cccc4ccccc34)c3c([2H])c([2H])c([2H])c([2H])c3c(-c3cccc(-c4cccc5oc6c7ccccc7ccc6c45)c3)c2c1[2H]. The molecule has 0 atom stereocenters. The van der Waals surface area contributed by atoms with E-state index < -0.39 is 24.2 Å². The second-order valence-electron chi connectivity index (χ2n) is 11.8. The Morgan fingerprint density at radius 2 is 0.979 bits per heavy atom. The van der Waals surface area contributed by atoms with E-state index in [0.717, 1.165) is 49.0 Å². The van der Waals surface area contributed by atoms with Crippen LogP contribution in [-0.4, -0.2) is 0 Å². The molecule has 0 aliphatic rings. The van der Waals surface area contributed by atoms with E-state index in [-0.39, 0.29) is 45.7 Å². The van der Waals surface area contributed by atoms with Crippen molar-refractivity contribution in [1.82, 2.24) is 0 Å². The summed E-state index contributed by atoms with van der Waals surface area (Å²) in [6.45, 7) is 0. The van der Waals surface area contributed by atoms with Crippen LogP contribution in [0.2, 0.25) is 0 Å². The molecule has 0 N–H and O–H groups in total. The van der Waals surface area contributed by atoms with Gasteiger partial charge in [0.25, 0.3) is 0 Å². The second kappa shape index (κ2) is 10.2. The van der Waals surface area contributed by atoms with Gasteiger partial charge in [-0.3, -0.25) is 0 Å². The summed E-state index contributed by atoms with van der Waals surface area (Å²) in [5.41, 5.74) is 4.99. The molecule has 47 heavy (non-hydrogen) atoms. The molecule has 0 bridgehead atoms. The van der Waals surface area contributed by atoms with Gasteiger partial charge in [-0.25, -0.2) is 0 Å². The Morgan fingerprint density at radius 1 is 0.404 bits per heavy atom. The molecule has 0 aliphatic carbocycles. The molecule has 218 valence electrons. The molecule has 0 spiro atoms. The minimum Gasteiger partial charge on any atom is -0.455 e. The van der Waals surface area contributed by atoms with Crippen molar-refractivity contribution in [3.05, 3.63) is 170 Å². The lowest BCUT2D eigenvalue weighted by atomic mass is 9.84. The van der Waals surface area contributed by atoms with E-state index in [1.54, 1.807) is 0 Å². The van der Waals surface area contributed by atoms with Crippen molar-refractivity contribution >= 4 is 65.0 Å². The van der Waals surface area contributed by atoms with Gasteiger partial charge in [0.05, 0.1) is 11.0 Å². The Hall–Kier alpha value is -6.18. The van der Waals surface area contributed by atoms with Crippen molar-refractivity contribution in [3.63, 3.8) is 0 Å². The lowest BCUT2D eigenvalue weighted by Crippen LogP contribution is -1.92. The highest BCUT2D eigenvalue weighted by atomic mass is 16.3. The average Bonchev–Trinajstić information content (AvgIpc) is 3.62. The highest BCUT2D eigenvalue weighted by Gasteiger charge is 2.19. The van der Waals surface area contributed by atoms with E-state index in [2.05, 4.69) is 18.2 Å². The quantitative estimate of drug-likeness (QED) is 0.183. The maximum absolute atomic E-state index is 9.40. The first kappa shape index (κ1) is 19.4. The molecule has 0 saturated carbocycles. The Labute approximate surface area is 283 Å². The van der Waals surface area contributed by atoms with Crippen molar-refractivity contribution < 1.29 is 15.4 Å². The summed E-state index contributed by atoms with van der Waals surface area (Å²) >= 11 is 0. The van der Waals surface area contributed by atoms with Crippen LogP contribution in [0.5, 0.6) is 0 Å². The number of benzene rings is 9. The summed E-state index contributed by atoms with van der Waals surface area (Å²) in [7, 11) is 0. The minimum absolute atomic E-state index is 0.182. The zero-order valence-electron chi connectivity index (χ0n) is 33.0. The van der Waals surface area contributed by atoms with Crippen LogP contribution in [0.4, 0.5) is 0 Å². The van der Waals surface area contributed by atoms with E-state index >= 15 is 0 Å². The molecular weight excluding hydrogens is 569 g/mol. The third-order valence-electron chi connectivity index (χ3n) is 9.28. The number of fused-ring (bicyclic) bond motifs is 8. The van der Waals surface area contributed by atoms with Gasteiger partial charge in [-0.15, -0.1) is 0 Å². The van der Waals surface area contributed by atoms with E-state index in [1.807, 2.05) is 103 Å². The zero-order valence-corrected chi connectivity index (χ0v) is 25.0. The largest absolute Gasteiger partial charge is 0.455 e. The molecule has 0 amide bonds. The molecule has 1 heterocycles. The summed E-state index contributed by atoms with van der Waals surface area (Å²) in [6.07, 6.45) is 0. The average molecular weight is 605 g/mol. The van der Waals surface area contributed by atoms with Crippen molar-refractivity contribution in [2.45, 2.75) is 0 Å². The molecule has 0 fully saturated rings. The Kier molecular flexibility index (Phi) is 4.19. The molecule has 9 aromatic carbocycles. The molecule has 1 heteroatoms. The summed E-state index contributed by atoms with van der Waals surface area (Å²) in [6, 6.07) is 36.2. The summed E-state index contributed by atoms with van der Waals surface area (Å²) in [5, 5.41) is 6.36. The first-order chi connectivity index (χ1) is 26.7. The van der Waals surface area contributed by atoms with Gasteiger partial charge in [-0.05, 0) is 89.3 Å². The molecule has 0 aliphatic heterocycles. The minimum atomic E-state index is -0.430. The van der Waals surface area contributed by atoms with Gasteiger partial charge in [-0.1, -0.05) is 151 Å². The summed E-state index contributed by atoms with van der Waals surface area (Å²) in [5.74, 6) is 0. The van der Waals surface area contributed by atoms with E-state index in [1.165, 1.54) is 0 Å². The zero-order chi connectivity index (χ0) is 37.9. The Morgan fingerprint density at radius 3 is 1.74 bits per heavy atom. The van der Waals surface area contributed by atoms with E-state index in [0.29, 0.717) is 27.8 Å². The standard InChI is InChI=1S/C46H28O/c1-3-17-33-29(12-1)14-10-24-36(33)44-39-21-7-5-19-37(39)43(38-20-6-8-22-40(38)44)32-16-9-15-31(28-32)34-23-11-25-42-45(34)41-27-26-30-13-2-4-18-35(30)46(41)47-42/h1-28H/i5D,6D,7D,8D,19D,20D,21D,22D. The topological polar surface area (TPSA) is 13.1 Å². The molecule has 0 radical (unpaired) electrons. The first-order valence-electron chi connectivity index (χ1n) is 19.5. The maximum Gasteiger partial charge on any atom is 0.143 e. The van der Waals surface area contributed by atoms with Crippen LogP contribution in [0.1, 0.15) is 11.0 Å². The van der Waals surface area contributed by atoms with Crippen molar-refractivity contribution in [2.75, 3.05) is 0 Å². The molecule has 0 unspecified atom stereocenters. The lowest BCUT2D eigenvalue weighted by Gasteiger charge is -2.19. The number of hydrogen-bond donors (Lipinski definition) is 0. The number of furan rings is 1. The van der Waals surface area contributed by atoms with Gasteiger partial charge in [0, 0.05) is 16.2 Å². The summed E-state index contributed by atoms with van der Waals surface area (Å²) < 4.78 is 79.3. The van der Waals surface area contributed by atoms with Crippen LogP contribution in [-0.2, 0) is 0 Å². The molecule has 1 nitrogen and oxygen atoms in total. The van der Waals surface area contributed by atoms with Gasteiger partial charge < -0.3 is 4.42 Å².